The largest absolute Gasteiger partial charge is 0.342 e. The molecule has 1 aromatic heterocycles. The van der Waals surface area contributed by atoms with Gasteiger partial charge in [0.15, 0.2) is 0 Å². The molecule has 1 aromatic carbocycles. The Kier molecular flexibility index (Phi) is 4.37. The number of amides is 1. The van der Waals surface area contributed by atoms with Crippen molar-refractivity contribution in [3.8, 4) is 0 Å². The van der Waals surface area contributed by atoms with Crippen LogP contribution in [0.2, 0.25) is 0 Å². The van der Waals surface area contributed by atoms with Crippen LogP contribution in [0.3, 0.4) is 0 Å². The maximum absolute atomic E-state index is 12.4. The van der Waals surface area contributed by atoms with Gasteiger partial charge in [-0.25, -0.2) is 4.98 Å². The van der Waals surface area contributed by atoms with Crippen LogP contribution in [0.5, 0.6) is 0 Å². The van der Waals surface area contributed by atoms with Gasteiger partial charge in [0.2, 0.25) is 5.91 Å². The molecule has 1 amide bonds. The van der Waals surface area contributed by atoms with Gasteiger partial charge in [-0.2, -0.15) is 0 Å². The highest BCUT2D eigenvalue weighted by molar-refractivity contribution is 5.77. The fourth-order valence-corrected chi connectivity index (χ4v) is 2.92. The molecule has 0 saturated heterocycles. The molecule has 2 atom stereocenters. The second kappa shape index (κ2) is 6.60. The highest BCUT2D eigenvalue weighted by Crippen LogP contribution is 2.23. The number of imidazole rings is 1. The third kappa shape index (κ3) is 3.27. The second-order valence-electron chi connectivity index (χ2n) is 5.78. The number of carbonyl (C=O) groups is 1. The van der Waals surface area contributed by atoms with Gasteiger partial charge in [-0.3, -0.25) is 4.79 Å². The van der Waals surface area contributed by atoms with Gasteiger partial charge in [-0.15, -0.1) is 0 Å². The number of hydrogen-bond donors (Lipinski definition) is 1. The van der Waals surface area contributed by atoms with Crippen LogP contribution >= 0.6 is 0 Å². The molecule has 0 unspecified atom stereocenters. The zero-order valence-corrected chi connectivity index (χ0v) is 12.8. The first-order valence-corrected chi connectivity index (χ1v) is 7.72. The summed E-state index contributed by atoms with van der Waals surface area (Å²) in [6, 6.07) is 9.78. The van der Waals surface area contributed by atoms with Crippen molar-refractivity contribution in [1.29, 1.82) is 0 Å². The van der Waals surface area contributed by atoms with Crippen molar-refractivity contribution in [1.82, 2.24) is 14.9 Å². The van der Waals surface area contributed by atoms with E-state index in [0.717, 1.165) is 24.2 Å². The molecule has 1 N–H and O–H groups in total. The van der Waals surface area contributed by atoms with Crippen LogP contribution in [0.4, 0.5) is 0 Å². The zero-order chi connectivity index (χ0) is 15.4. The van der Waals surface area contributed by atoms with Crippen molar-refractivity contribution < 1.29 is 4.79 Å². The predicted octanol–water partition coefficient (Wildman–Crippen LogP) is 2.98. The number of allylic oxidation sites excluding steroid dienone is 2. The summed E-state index contributed by atoms with van der Waals surface area (Å²) in [5.41, 5.74) is 1.05. The van der Waals surface area contributed by atoms with Crippen LogP contribution < -0.4 is 5.32 Å². The lowest BCUT2D eigenvalue weighted by atomic mass is 10.0. The summed E-state index contributed by atoms with van der Waals surface area (Å²) in [6.07, 6.45) is 10.7. The number of nitrogens with zero attached hydrogens (tertiary/aromatic N) is 2. The van der Waals surface area contributed by atoms with Gasteiger partial charge < -0.3 is 9.88 Å². The van der Waals surface area contributed by atoms with Gasteiger partial charge in [0.05, 0.1) is 0 Å². The molecule has 1 aliphatic rings. The Morgan fingerprint density at radius 3 is 2.86 bits per heavy atom. The first-order chi connectivity index (χ1) is 10.7. The van der Waals surface area contributed by atoms with Gasteiger partial charge in [0.25, 0.3) is 0 Å². The summed E-state index contributed by atoms with van der Waals surface area (Å²) in [5, 5.41) is 3.15. The molecule has 1 aliphatic carbocycles. The molecule has 0 bridgehead atoms. The van der Waals surface area contributed by atoms with Crippen molar-refractivity contribution in [2.45, 2.75) is 25.3 Å². The Morgan fingerprint density at radius 2 is 2.23 bits per heavy atom. The van der Waals surface area contributed by atoms with E-state index in [1.54, 1.807) is 6.20 Å². The van der Waals surface area contributed by atoms with E-state index in [-0.39, 0.29) is 11.9 Å². The van der Waals surface area contributed by atoms with E-state index in [2.05, 4.69) is 22.5 Å². The topological polar surface area (TPSA) is 46.9 Å². The van der Waals surface area contributed by atoms with E-state index in [1.807, 2.05) is 48.1 Å². The van der Waals surface area contributed by atoms with E-state index in [0.29, 0.717) is 12.3 Å². The summed E-state index contributed by atoms with van der Waals surface area (Å²) in [5.74, 6) is 1.30. The Bertz CT molecular complexity index is 660. The summed E-state index contributed by atoms with van der Waals surface area (Å²) >= 11 is 0. The number of aryl methyl sites for hydroxylation is 1. The van der Waals surface area contributed by atoms with Crippen LogP contribution in [-0.4, -0.2) is 15.5 Å². The quantitative estimate of drug-likeness (QED) is 0.862. The summed E-state index contributed by atoms with van der Waals surface area (Å²) in [6.45, 7) is 0. The molecule has 114 valence electrons. The smallest absolute Gasteiger partial charge is 0.221 e. The standard InChI is InChI=1S/C18H21N3O/c1-21-12-11-19-18(21)17(15-9-3-2-4-10-15)20-16(22)13-14-7-5-6-8-14/h2-5,7,9-12,14,17H,6,8,13H2,1H3,(H,20,22)/t14-,17+/m1/s1. The molecule has 4 nitrogen and oxygen atoms in total. The Labute approximate surface area is 130 Å². The Balaban J connectivity index is 1.78. The highest BCUT2D eigenvalue weighted by atomic mass is 16.1. The maximum Gasteiger partial charge on any atom is 0.221 e. The molecule has 0 saturated carbocycles. The second-order valence-corrected chi connectivity index (χ2v) is 5.78. The van der Waals surface area contributed by atoms with Crippen LogP contribution in [0.15, 0.2) is 54.9 Å². The number of nitrogens with one attached hydrogen (secondary N) is 1. The van der Waals surface area contributed by atoms with Crippen LogP contribution in [0.1, 0.15) is 36.7 Å². The molecular formula is C18H21N3O. The number of rotatable bonds is 5. The molecule has 1 heterocycles. The van der Waals surface area contributed by atoms with Crippen LogP contribution in [-0.2, 0) is 11.8 Å². The average Bonchev–Trinajstić information content (AvgIpc) is 3.17. The number of benzene rings is 1. The van der Waals surface area contributed by atoms with E-state index < -0.39 is 0 Å². The third-order valence-corrected chi connectivity index (χ3v) is 4.11. The highest BCUT2D eigenvalue weighted by Gasteiger charge is 2.22. The van der Waals surface area contributed by atoms with Crippen molar-refractivity contribution in [3.63, 3.8) is 0 Å². The first-order valence-electron chi connectivity index (χ1n) is 7.72. The molecule has 3 rings (SSSR count). The molecule has 0 aliphatic heterocycles. The van der Waals surface area contributed by atoms with Crippen molar-refractivity contribution >= 4 is 5.91 Å². The SMILES string of the molecule is Cn1ccnc1[C@@H](NC(=O)C[C@@H]1C=CCC1)c1ccccc1. The zero-order valence-electron chi connectivity index (χ0n) is 12.8. The summed E-state index contributed by atoms with van der Waals surface area (Å²) in [7, 11) is 1.95. The molecule has 4 heteroatoms. The van der Waals surface area contributed by atoms with Gasteiger partial charge in [-0.1, -0.05) is 42.5 Å². The Morgan fingerprint density at radius 1 is 1.41 bits per heavy atom. The van der Waals surface area contributed by atoms with Crippen molar-refractivity contribution in [2.24, 2.45) is 13.0 Å². The number of carbonyl (C=O) groups excluding carboxylic acids is 1. The van der Waals surface area contributed by atoms with Gasteiger partial charge in [0.1, 0.15) is 11.9 Å². The lowest BCUT2D eigenvalue weighted by molar-refractivity contribution is -0.122. The predicted molar refractivity (Wildman–Crippen MR) is 86.1 cm³/mol. The molecule has 22 heavy (non-hydrogen) atoms. The van der Waals surface area contributed by atoms with E-state index in [9.17, 15) is 4.79 Å². The average molecular weight is 295 g/mol. The van der Waals surface area contributed by atoms with Gasteiger partial charge in [0, 0.05) is 25.9 Å². The lowest BCUT2D eigenvalue weighted by Gasteiger charge is -2.20. The number of aromatic nitrogens is 2. The van der Waals surface area contributed by atoms with E-state index in [4.69, 9.17) is 0 Å². The minimum Gasteiger partial charge on any atom is -0.342 e. The monoisotopic (exact) mass is 295 g/mol. The minimum absolute atomic E-state index is 0.0772. The van der Waals surface area contributed by atoms with Crippen molar-refractivity contribution in [2.75, 3.05) is 0 Å². The molecule has 0 fully saturated rings. The maximum atomic E-state index is 12.4. The fraction of sp³-hybridized carbons (Fsp3) is 0.333. The fourth-order valence-electron chi connectivity index (χ4n) is 2.92. The number of hydrogen-bond acceptors (Lipinski definition) is 2. The third-order valence-electron chi connectivity index (χ3n) is 4.11. The lowest BCUT2D eigenvalue weighted by Crippen LogP contribution is -2.31. The molecular weight excluding hydrogens is 274 g/mol. The van der Waals surface area contributed by atoms with Crippen LogP contribution in [0.25, 0.3) is 0 Å². The van der Waals surface area contributed by atoms with Crippen molar-refractivity contribution in [3.05, 3.63) is 66.3 Å². The Hall–Kier alpha value is -2.36. The minimum atomic E-state index is -0.209. The van der Waals surface area contributed by atoms with Gasteiger partial charge >= 0.3 is 0 Å². The van der Waals surface area contributed by atoms with E-state index in [1.165, 1.54) is 0 Å². The summed E-state index contributed by atoms with van der Waals surface area (Å²) < 4.78 is 1.95. The normalized spacial score (nSPS) is 18.3. The molecule has 0 radical (unpaired) electrons. The summed E-state index contributed by atoms with van der Waals surface area (Å²) in [4.78, 5) is 16.8. The first kappa shape index (κ1) is 14.6. The molecule has 2 aromatic rings. The van der Waals surface area contributed by atoms with Crippen LogP contribution in [0, 0.1) is 5.92 Å². The molecule has 0 spiro atoms. The van der Waals surface area contributed by atoms with E-state index >= 15 is 0 Å². The van der Waals surface area contributed by atoms with Gasteiger partial charge in [-0.05, 0) is 24.3 Å².